The second-order valence-electron chi connectivity index (χ2n) is 4.69. The van der Waals surface area contributed by atoms with Crippen molar-refractivity contribution in [3.8, 4) is 0 Å². The standard InChI is InChI=1S/C14H18FN3/c1-10(2)18-9-12(8-17-18)7-16-14-6-4-5-13(15)11(14)3/h4-6,8-10,16H,7H2,1-3H3. The van der Waals surface area contributed by atoms with Crippen LogP contribution in [0.5, 0.6) is 0 Å². The van der Waals surface area contributed by atoms with Crippen LogP contribution >= 0.6 is 0 Å². The Kier molecular flexibility index (Phi) is 3.65. The van der Waals surface area contributed by atoms with E-state index in [4.69, 9.17) is 0 Å². The van der Waals surface area contributed by atoms with E-state index in [0.717, 1.165) is 11.3 Å². The molecule has 0 bridgehead atoms. The highest BCUT2D eigenvalue weighted by Crippen LogP contribution is 2.18. The van der Waals surface area contributed by atoms with Crippen LogP contribution < -0.4 is 5.32 Å². The third-order valence-corrected chi connectivity index (χ3v) is 2.93. The summed E-state index contributed by atoms with van der Waals surface area (Å²) >= 11 is 0. The first-order chi connectivity index (χ1) is 8.58. The molecule has 1 N–H and O–H groups in total. The predicted octanol–water partition coefficient (Wildman–Crippen LogP) is 3.52. The molecule has 96 valence electrons. The molecule has 18 heavy (non-hydrogen) atoms. The lowest BCUT2D eigenvalue weighted by Gasteiger charge is -2.09. The highest BCUT2D eigenvalue weighted by Gasteiger charge is 2.04. The molecule has 0 saturated heterocycles. The van der Waals surface area contributed by atoms with E-state index in [9.17, 15) is 4.39 Å². The molecule has 3 nitrogen and oxygen atoms in total. The zero-order valence-electron chi connectivity index (χ0n) is 10.9. The van der Waals surface area contributed by atoms with Crippen LogP contribution in [0.15, 0.2) is 30.6 Å². The number of nitrogens with one attached hydrogen (secondary N) is 1. The van der Waals surface area contributed by atoms with Crippen molar-refractivity contribution in [3.63, 3.8) is 0 Å². The average Bonchev–Trinajstić information content (AvgIpc) is 2.80. The fourth-order valence-electron chi connectivity index (χ4n) is 1.75. The van der Waals surface area contributed by atoms with Gasteiger partial charge in [0, 0.05) is 35.6 Å². The molecule has 2 rings (SSSR count). The smallest absolute Gasteiger partial charge is 0.128 e. The molecule has 4 heteroatoms. The molecular formula is C14H18FN3. The minimum absolute atomic E-state index is 0.183. The molecule has 1 heterocycles. The summed E-state index contributed by atoms with van der Waals surface area (Å²) < 4.78 is 15.3. The fourth-order valence-corrected chi connectivity index (χ4v) is 1.75. The third-order valence-electron chi connectivity index (χ3n) is 2.93. The molecule has 1 aromatic carbocycles. The number of nitrogens with zero attached hydrogens (tertiary/aromatic N) is 2. The van der Waals surface area contributed by atoms with Gasteiger partial charge >= 0.3 is 0 Å². The Labute approximate surface area is 107 Å². The van der Waals surface area contributed by atoms with Gasteiger partial charge < -0.3 is 5.32 Å². The van der Waals surface area contributed by atoms with Crippen LogP contribution in [0.2, 0.25) is 0 Å². The van der Waals surface area contributed by atoms with E-state index in [2.05, 4.69) is 24.3 Å². The van der Waals surface area contributed by atoms with Gasteiger partial charge in [0.15, 0.2) is 0 Å². The number of aromatic nitrogens is 2. The number of halogens is 1. The Balaban J connectivity index is 2.04. The van der Waals surface area contributed by atoms with Gasteiger partial charge in [-0.1, -0.05) is 6.07 Å². The van der Waals surface area contributed by atoms with E-state index in [0.29, 0.717) is 18.2 Å². The Bertz CT molecular complexity index is 532. The number of anilines is 1. The first kappa shape index (κ1) is 12.6. The van der Waals surface area contributed by atoms with E-state index < -0.39 is 0 Å². The fraction of sp³-hybridized carbons (Fsp3) is 0.357. The van der Waals surface area contributed by atoms with Gasteiger partial charge in [-0.05, 0) is 32.9 Å². The normalized spacial score (nSPS) is 10.9. The lowest BCUT2D eigenvalue weighted by molar-refractivity contribution is 0.532. The summed E-state index contributed by atoms with van der Waals surface area (Å²) in [6, 6.07) is 5.42. The quantitative estimate of drug-likeness (QED) is 0.895. The Morgan fingerprint density at radius 1 is 1.39 bits per heavy atom. The first-order valence-corrected chi connectivity index (χ1v) is 6.10. The summed E-state index contributed by atoms with van der Waals surface area (Å²) in [6.45, 7) is 6.59. The maximum atomic E-state index is 13.4. The molecule has 0 aliphatic carbocycles. The maximum Gasteiger partial charge on any atom is 0.128 e. The van der Waals surface area contributed by atoms with E-state index in [-0.39, 0.29) is 5.82 Å². The van der Waals surface area contributed by atoms with Gasteiger partial charge in [0.1, 0.15) is 5.82 Å². The SMILES string of the molecule is Cc1c(F)cccc1NCc1cnn(C(C)C)c1. The zero-order valence-corrected chi connectivity index (χ0v) is 10.9. The van der Waals surface area contributed by atoms with Crippen molar-refractivity contribution in [1.29, 1.82) is 0 Å². The van der Waals surface area contributed by atoms with Crippen molar-refractivity contribution in [2.24, 2.45) is 0 Å². The van der Waals surface area contributed by atoms with Crippen molar-refractivity contribution in [1.82, 2.24) is 9.78 Å². The number of benzene rings is 1. The van der Waals surface area contributed by atoms with E-state index in [1.807, 2.05) is 23.1 Å². The van der Waals surface area contributed by atoms with Crippen LogP contribution in [0.4, 0.5) is 10.1 Å². The minimum atomic E-state index is -0.183. The second-order valence-corrected chi connectivity index (χ2v) is 4.69. The lowest BCUT2D eigenvalue weighted by Crippen LogP contribution is -2.02. The summed E-state index contributed by atoms with van der Waals surface area (Å²) in [7, 11) is 0. The van der Waals surface area contributed by atoms with Crippen LogP contribution in [-0.4, -0.2) is 9.78 Å². The van der Waals surface area contributed by atoms with Gasteiger partial charge in [-0.25, -0.2) is 4.39 Å². The number of rotatable bonds is 4. The summed E-state index contributed by atoms with van der Waals surface area (Å²) in [4.78, 5) is 0. The summed E-state index contributed by atoms with van der Waals surface area (Å²) in [5, 5.41) is 7.50. The highest BCUT2D eigenvalue weighted by molar-refractivity contribution is 5.51. The summed E-state index contributed by atoms with van der Waals surface area (Å²) in [6.07, 6.45) is 3.84. The molecule has 0 saturated carbocycles. The topological polar surface area (TPSA) is 29.9 Å². The molecule has 0 aliphatic heterocycles. The van der Waals surface area contributed by atoms with Crippen LogP contribution in [0.25, 0.3) is 0 Å². The zero-order chi connectivity index (χ0) is 13.1. The van der Waals surface area contributed by atoms with Gasteiger partial charge in [-0.2, -0.15) is 5.10 Å². The largest absolute Gasteiger partial charge is 0.381 e. The molecule has 0 amide bonds. The van der Waals surface area contributed by atoms with Crippen LogP contribution in [0.3, 0.4) is 0 Å². The Morgan fingerprint density at radius 2 is 2.17 bits per heavy atom. The van der Waals surface area contributed by atoms with E-state index in [1.165, 1.54) is 6.07 Å². The molecule has 0 unspecified atom stereocenters. The van der Waals surface area contributed by atoms with E-state index in [1.54, 1.807) is 13.0 Å². The van der Waals surface area contributed by atoms with Crippen LogP contribution in [0.1, 0.15) is 31.0 Å². The first-order valence-electron chi connectivity index (χ1n) is 6.10. The average molecular weight is 247 g/mol. The van der Waals surface area contributed by atoms with Crippen molar-refractivity contribution in [3.05, 3.63) is 47.5 Å². The van der Waals surface area contributed by atoms with Crippen molar-refractivity contribution < 1.29 is 4.39 Å². The lowest BCUT2D eigenvalue weighted by atomic mass is 10.2. The minimum Gasteiger partial charge on any atom is -0.381 e. The van der Waals surface area contributed by atoms with Crippen LogP contribution in [-0.2, 0) is 6.54 Å². The van der Waals surface area contributed by atoms with Gasteiger partial charge in [-0.3, -0.25) is 4.68 Å². The van der Waals surface area contributed by atoms with Crippen molar-refractivity contribution in [2.45, 2.75) is 33.4 Å². The molecule has 0 fully saturated rings. The summed E-state index contributed by atoms with van der Waals surface area (Å²) in [5.74, 6) is -0.183. The Morgan fingerprint density at radius 3 is 2.83 bits per heavy atom. The van der Waals surface area contributed by atoms with Gasteiger partial charge in [0.25, 0.3) is 0 Å². The van der Waals surface area contributed by atoms with Crippen molar-refractivity contribution in [2.75, 3.05) is 5.32 Å². The van der Waals surface area contributed by atoms with Gasteiger partial charge in [-0.15, -0.1) is 0 Å². The number of hydrogen-bond acceptors (Lipinski definition) is 2. The van der Waals surface area contributed by atoms with E-state index >= 15 is 0 Å². The van der Waals surface area contributed by atoms with Crippen LogP contribution in [0, 0.1) is 12.7 Å². The molecule has 0 atom stereocenters. The third kappa shape index (κ3) is 2.70. The molecule has 0 aliphatic rings. The molecule has 0 radical (unpaired) electrons. The summed E-state index contributed by atoms with van der Waals surface area (Å²) in [5.41, 5.74) is 2.56. The molecule has 2 aromatic rings. The molecular weight excluding hydrogens is 229 g/mol. The van der Waals surface area contributed by atoms with Gasteiger partial charge in [0.2, 0.25) is 0 Å². The molecule has 1 aromatic heterocycles. The molecule has 0 spiro atoms. The highest BCUT2D eigenvalue weighted by atomic mass is 19.1. The Hall–Kier alpha value is -1.84. The second kappa shape index (κ2) is 5.21. The van der Waals surface area contributed by atoms with Crippen molar-refractivity contribution >= 4 is 5.69 Å². The predicted molar refractivity (Wildman–Crippen MR) is 71.1 cm³/mol. The monoisotopic (exact) mass is 247 g/mol. The van der Waals surface area contributed by atoms with Gasteiger partial charge in [0.05, 0.1) is 6.20 Å². The maximum absolute atomic E-state index is 13.4. The number of hydrogen-bond donors (Lipinski definition) is 1.